The maximum Gasteiger partial charge on any atom is 0.225 e. The van der Waals surface area contributed by atoms with Crippen molar-refractivity contribution in [1.82, 2.24) is 20.3 Å². The summed E-state index contributed by atoms with van der Waals surface area (Å²) in [4.78, 5) is 36.8. The van der Waals surface area contributed by atoms with Crippen molar-refractivity contribution in [2.45, 2.75) is 51.5 Å². The molecule has 11 heteroatoms. The Labute approximate surface area is 256 Å². The minimum Gasteiger partial charge on any atom is -0.497 e. The Morgan fingerprint density at radius 1 is 1.00 bits per heavy atom. The zero-order valence-corrected chi connectivity index (χ0v) is 25.7. The molecule has 0 aliphatic heterocycles. The topological polar surface area (TPSA) is 160 Å². The zero-order chi connectivity index (χ0) is 31.3. The van der Waals surface area contributed by atoms with Crippen molar-refractivity contribution in [2.75, 3.05) is 12.9 Å². The second kappa shape index (κ2) is 13.4. The maximum atomic E-state index is 13.5. The van der Waals surface area contributed by atoms with Crippen LogP contribution in [0.5, 0.6) is 5.75 Å². The van der Waals surface area contributed by atoms with Crippen molar-refractivity contribution < 1.29 is 22.7 Å². The van der Waals surface area contributed by atoms with Crippen LogP contribution in [0.25, 0.3) is 32.9 Å². The number of Topliss-reactive ketones (excluding diaryl/α,β-unsaturated/α-hetero) is 1. The summed E-state index contributed by atoms with van der Waals surface area (Å²) in [7, 11) is -2.21. The van der Waals surface area contributed by atoms with Gasteiger partial charge in [-0.1, -0.05) is 49.2 Å². The number of aromatic amines is 2. The number of nitrogens with zero attached hydrogens (tertiary/aromatic N) is 1. The van der Waals surface area contributed by atoms with Crippen LogP contribution < -0.4 is 15.2 Å². The molecule has 2 heterocycles. The molecule has 3 aromatic carbocycles. The number of rotatable bonds is 14. The number of nitrogens with two attached hydrogens (primary N) is 1. The number of carbonyl (C=O) groups excluding carboxylic acids is 2. The monoisotopic (exact) mass is 615 g/mol. The van der Waals surface area contributed by atoms with Gasteiger partial charge in [0.1, 0.15) is 23.1 Å². The molecule has 0 radical (unpaired) electrons. The number of benzene rings is 3. The quantitative estimate of drug-likeness (QED) is 0.125. The molecular formula is C33H37N5O5S. The maximum absolute atomic E-state index is 13.5. The van der Waals surface area contributed by atoms with E-state index in [-0.39, 0.29) is 18.7 Å². The first-order valence-electron chi connectivity index (χ1n) is 14.6. The molecule has 230 valence electrons. The molecule has 0 saturated carbocycles. The molecule has 44 heavy (non-hydrogen) atoms. The van der Waals surface area contributed by atoms with Gasteiger partial charge in [0.2, 0.25) is 15.9 Å². The highest BCUT2D eigenvalue weighted by molar-refractivity contribution is 7.89. The summed E-state index contributed by atoms with van der Waals surface area (Å²) in [5.41, 5.74) is 4.59. The minimum atomic E-state index is -3.82. The van der Waals surface area contributed by atoms with E-state index in [1.54, 1.807) is 13.3 Å². The number of hydrogen-bond acceptors (Lipinski definition) is 6. The van der Waals surface area contributed by atoms with Crippen LogP contribution >= 0.6 is 0 Å². The van der Waals surface area contributed by atoms with E-state index in [4.69, 9.17) is 9.88 Å². The number of unbranched alkanes of at least 4 members (excludes halogenated alkanes) is 2. The second-order valence-electron chi connectivity index (χ2n) is 11.1. The summed E-state index contributed by atoms with van der Waals surface area (Å²) in [5, 5.41) is 11.4. The van der Waals surface area contributed by atoms with E-state index in [0.29, 0.717) is 31.5 Å². The lowest BCUT2D eigenvalue weighted by molar-refractivity contribution is -0.121. The summed E-state index contributed by atoms with van der Waals surface area (Å²) in [6.45, 7) is 1.95. The number of nitrogens with one attached hydrogen (secondary N) is 3. The number of imidazole rings is 1. The predicted molar refractivity (Wildman–Crippen MR) is 172 cm³/mol. The van der Waals surface area contributed by atoms with Crippen molar-refractivity contribution in [3.05, 3.63) is 83.9 Å². The third kappa shape index (κ3) is 7.72. The van der Waals surface area contributed by atoms with E-state index in [1.165, 1.54) is 0 Å². The molecule has 0 fully saturated rings. The summed E-state index contributed by atoms with van der Waals surface area (Å²) in [5.74, 6) is 0.178. The molecular weight excluding hydrogens is 578 g/mol. The van der Waals surface area contributed by atoms with Gasteiger partial charge in [-0.05, 0) is 60.4 Å². The first-order valence-corrected chi connectivity index (χ1v) is 16.3. The fourth-order valence-corrected chi connectivity index (χ4v) is 6.15. The Hall–Kier alpha value is -4.48. The zero-order valence-electron chi connectivity index (χ0n) is 24.9. The molecule has 5 aromatic rings. The van der Waals surface area contributed by atoms with E-state index in [2.05, 4.69) is 44.5 Å². The SMILES string of the molecule is COc1ccc2[nH]c(C)c(CC(=O)N[C@@H](CCCCCC(=O)CS(N)(=O)=O)c3ncc(-c4ccc5ccccc5c4)[nH]3)c2c1. The number of aromatic nitrogens is 3. The Balaban J connectivity index is 1.31. The number of ether oxygens (including phenoxy) is 1. The third-order valence-corrected chi connectivity index (χ3v) is 8.52. The van der Waals surface area contributed by atoms with E-state index >= 15 is 0 Å². The molecule has 2 aromatic heterocycles. The second-order valence-corrected chi connectivity index (χ2v) is 12.7. The summed E-state index contributed by atoms with van der Waals surface area (Å²) in [6, 6.07) is 19.7. The first kappa shape index (κ1) is 31.0. The van der Waals surface area contributed by atoms with Crippen molar-refractivity contribution in [1.29, 1.82) is 0 Å². The van der Waals surface area contributed by atoms with Crippen LogP contribution in [0.2, 0.25) is 0 Å². The molecule has 5 N–H and O–H groups in total. The molecule has 0 bridgehead atoms. The Morgan fingerprint density at radius 2 is 1.80 bits per heavy atom. The number of methoxy groups -OCH3 is 1. The molecule has 0 unspecified atom stereocenters. The molecule has 1 amide bonds. The van der Waals surface area contributed by atoms with Crippen LogP contribution in [0.15, 0.2) is 66.9 Å². The lowest BCUT2D eigenvalue weighted by Gasteiger charge is -2.17. The predicted octanol–water partition coefficient (Wildman–Crippen LogP) is 5.24. The number of hydrogen-bond donors (Lipinski definition) is 4. The molecule has 0 saturated heterocycles. The number of sulfonamides is 1. The lowest BCUT2D eigenvalue weighted by atomic mass is 10.0. The normalized spacial score (nSPS) is 12.4. The van der Waals surface area contributed by atoms with Crippen LogP contribution in [-0.4, -0.2) is 47.9 Å². The van der Waals surface area contributed by atoms with Gasteiger partial charge in [0.25, 0.3) is 0 Å². The third-order valence-electron chi connectivity index (χ3n) is 7.80. The van der Waals surface area contributed by atoms with Gasteiger partial charge in [0.05, 0.1) is 31.5 Å². The number of ketones is 1. The summed E-state index contributed by atoms with van der Waals surface area (Å²) >= 11 is 0. The highest BCUT2D eigenvalue weighted by Crippen LogP contribution is 2.28. The van der Waals surface area contributed by atoms with Crippen molar-refractivity contribution in [3.63, 3.8) is 0 Å². The standard InChI is InChI=1S/C33H37N5O5S/c1-21-27(28-17-26(43-2)14-15-29(28)36-21)18-32(40)37-30(11-5-3-4-10-25(39)20-44(34,41)42)33-35-19-31(38-33)24-13-12-22-8-6-7-9-23(22)16-24/h6-9,12-17,19,30,36H,3-5,10-11,18,20H2,1-2H3,(H,35,38)(H,37,40)(H2,34,41,42)/t30-/m0/s1. The van der Waals surface area contributed by atoms with Gasteiger partial charge in [-0.15, -0.1) is 0 Å². The average Bonchev–Trinajstić information content (AvgIpc) is 3.60. The number of aryl methyl sites for hydroxylation is 1. The fourth-order valence-electron chi connectivity index (χ4n) is 5.56. The Kier molecular flexibility index (Phi) is 9.46. The van der Waals surface area contributed by atoms with Gasteiger partial charge in [-0.2, -0.15) is 0 Å². The van der Waals surface area contributed by atoms with Crippen molar-refractivity contribution in [2.24, 2.45) is 5.14 Å². The molecule has 0 aliphatic carbocycles. The molecule has 1 atom stereocenters. The van der Waals surface area contributed by atoms with Crippen LogP contribution in [-0.2, 0) is 26.0 Å². The average molecular weight is 616 g/mol. The number of amides is 1. The van der Waals surface area contributed by atoms with Gasteiger partial charge < -0.3 is 20.0 Å². The number of primary sulfonamides is 1. The van der Waals surface area contributed by atoms with Crippen LogP contribution in [0.3, 0.4) is 0 Å². The fraction of sp³-hybridized carbons (Fsp3) is 0.303. The van der Waals surface area contributed by atoms with E-state index < -0.39 is 27.6 Å². The van der Waals surface area contributed by atoms with Crippen LogP contribution in [0.4, 0.5) is 0 Å². The number of carbonyl (C=O) groups is 2. The van der Waals surface area contributed by atoms with Gasteiger partial charge in [0, 0.05) is 28.6 Å². The van der Waals surface area contributed by atoms with Crippen molar-refractivity contribution >= 4 is 43.4 Å². The molecule has 0 spiro atoms. The molecule has 5 rings (SSSR count). The number of H-pyrrole nitrogens is 2. The molecule has 0 aliphatic rings. The van der Waals surface area contributed by atoms with E-state index in [9.17, 15) is 18.0 Å². The highest BCUT2D eigenvalue weighted by atomic mass is 32.2. The van der Waals surface area contributed by atoms with Crippen LogP contribution in [0.1, 0.15) is 55.2 Å². The van der Waals surface area contributed by atoms with Gasteiger partial charge >= 0.3 is 0 Å². The van der Waals surface area contributed by atoms with E-state index in [1.807, 2.05) is 43.3 Å². The van der Waals surface area contributed by atoms with Crippen molar-refractivity contribution in [3.8, 4) is 17.0 Å². The van der Waals surface area contributed by atoms with E-state index in [0.717, 1.165) is 49.9 Å². The smallest absolute Gasteiger partial charge is 0.225 e. The van der Waals surface area contributed by atoms with Gasteiger partial charge in [-0.3, -0.25) is 9.59 Å². The molecule has 10 nitrogen and oxygen atoms in total. The summed E-state index contributed by atoms with van der Waals surface area (Å²) in [6.07, 6.45) is 4.59. The Bertz CT molecular complexity index is 1910. The Morgan fingerprint density at radius 3 is 2.57 bits per heavy atom. The highest BCUT2D eigenvalue weighted by Gasteiger charge is 2.21. The first-order chi connectivity index (χ1) is 21.1. The summed E-state index contributed by atoms with van der Waals surface area (Å²) < 4.78 is 27.8. The number of fused-ring (bicyclic) bond motifs is 2. The lowest BCUT2D eigenvalue weighted by Crippen LogP contribution is -2.30. The largest absolute Gasteiger partial charge is 0.497 e. The minimum absolute atomic E-state index is 0.142. The van der Waals surface area contributed by atoms with Crippen LogP contribution in [0, 0.1) is 6.92 Å². The van der Waals surface area contributed by atoms with Gasteiger partial charge in [0.15, 0.2) is 0 Å². The van der Waals surface area contributed by atoms with Gasteiger partial charge in [-0.25, -0.2) is 18.5 Å².